The Morgan fingerprint density at radius 1 is 1.10 bits per heavy atom. The Morgan fingerprint density at radius 3 is 2.54 bits per heavy atom. The number of piperazine rings is 1. The van der Waals surface area contributed by atoms with E-state index in [1.54, 1.807) is 0 Å². The zero-order valence-electron chi connectivity index (χ0n) is 27.1. The zero-order chi connectivity index (χ0) is 34.3. The molecule has 0 radical (unpaired) electrons. The largest absolute Gasteiger partial charge is 0.463 e. The van der Waals surface area contributed by atoms with Crippen LogP contribution in [0.1, 0.15) is 55.2 Å². The Labute approximate surface area is 288 Å². The normalized spacial score (nSPS) is 22.7. The van der Waals surface area contributed by atoms with Crippen molar-refractivity contribution in [3.8, 4) is 23.3 Å². The van der Waals surface area contributed by atoms with Gasteiger partial charge in [0.25, 0.3) is 6.08 Å². The molecule has 0 amide bonds. The summed E-state index contributed by atoms with van der Waals surface area (Å²) in [6.07, 6.45) is 3.97. The van der Waals surface area contributed by atoms with E-state index in [2.05, 4.69) is 26.2 Å². The Morgan fingerprint density at radius 2 is 1.84 bits per heavy atom. The minimum atomic E-state index is -1.56. The zero-order valence-corrected chi connectivity index (χ0v) is 27.9. The quantitative estimate of drug-likeness (QED) is 0.221. The fourth-order valence-corrected chi connectivity index (χ4v) is 9.31. The molecule has 3 saturated heterocycles. The second-order valence-corrected chi connectivity index (χ2v) is 15.2. The third kappa shape index (κ3) is 5.10. The average Bonchev–Trinajstić information content (AvgIpc) is 3.41. The Bertz CT molecular complexity index is 2120. The number of benzene rings is 1. The fourth-order valence-electron chi connectivity index (χ4n) is 8.39. The van der Waals surface area contributed by atoms with Gasteiger partial charge in [0.1, 0.15) is 22.4 Å². The second-order valence-electron chi connectivity index (χ2n) is 14.2. The number of nitrogens with two attached hydrogens (primary N) is 1. The Kier molecular flexibility index (Phi) is 7.65. The van der Waals surface area contributed by atoms with Gasteiger partial charge in [0.15, 0.2) is 11.6 Å². The molecule has 3 aromatic heterocycles. The molecule has 4 aliphatic heterocycles. The summed E-state index contributed by atoms with van der Waals surface area (Å²) in [4.78, 5) is 18.6. The predicted octanol–water partition coefficient (Wildman–Crippen LogP) is 6.01. The average molecular weight is 707 g/mol. The molecule has 0 spiro atoms. The highest BCUT2D eigenvalue weighted by Gasteiger charge is 2.46. The van der Waals surface area contributed by atoms with Gasteiger partial charge in [-0.3, -0.25) is 4.98 Å². The second kappa shape index (κ2) is 12.0. The predicted molar refractivity (Wildman–Crippen MR) is 180 cm³/mol. The molecule has 5 aliphatic rings. The van der Waals surface area contributed by atoms with Gasteiger partial charge in [-0.1, -0.05) is 0 Å². The van der Waals surface area contributed by atoms with Crippen LogP contribution in [0.3, 0.4) is 0 Å². The monoisotopic (exact) mass is 706 g/mol. The molecule has 15 heteroatoms. The molecule has 50 heavy (non-hydrogen) atoms. The summed E-state index contributed by atoms with van der Waals surface area (Å²) in [5.41, 5.74) is 7.82. The summed E-state index contributed by atoms with van der Waals surface area (Å²) >= 11 is 0.930. The molecule has 1 aliphatic carbocycles. The number of thiophene rings is 1. The Balaban J connectivity index is 1.16. The third-order valence-electron chi connectivity index (χ3n) is 11.2. The first-order valence-electron chi connectivity index (χ1n) is 17.0. The lowest BCUT2D eigenvalue weighted by atomic mass is 9.93. The van der Waals surface area contributed by atoms with Crippen molar-refractivity contribution in [1.29, 1.82) is 5.26 Å². The van der Waals surface area contributed by atoms with Crippen LogP contribution < -0.4 is 20.7 Å². The summed E-state index contributed by atoms with van der Waals surface area (Å²) < 4.78 is 71.1. The topological polar surface area (TPSA) is 125 Å². The molecule has 260 valence electrons. The number of likely N-dealkylation sites (tertiary alicyclic amines) is 1. The SMILES string of the molecule is N#Cc1c(N)sc2c(F)cnc(-c3c4c(c5c(N6C7CCC6CNC7)nc(OCC6(CN7CCC(=C(F)F)CC7)CC6)nc5c3F)COC4)c12. The molecule has 1 saturated carbocycles. The van der Waals surface area contributed by atoms with Gasteiger partial charge in [0.2, 0.25) is 0 Å². The number of nitrogen functional groups attached to an aromatic ring is 1. The van der Waals surface area contributed by atoms with Crippen molar-refractivity contribution in [2.75, 3.05) is 50.0 Å². The first-order chi connectivity index (χ1) is 24.2. The number of hydrogen-bond acceptors (Lipinski definition) is 11. The van der Waals surface area contributed by atoms with Crippen LogP contribution in [-0.4, -0.2) is 71.3 Å². The van der Waals surface area contributed by atoms with Crippen LogP contribution in [0, 0.1) is 28.4 Å². The van der Waals surface area contributed by atoms with Gasteiger partial charge in [-0.25, -0.2) is 8.78 Å². The van der Waals surface area contributed by atoms with Crippen LogP contribution in [0.15, 0.2) is 17.9 Å². The minimum absolute atomic E-state index is 0.0504. The molecule has 4 aromatic rings. The van der Waals surface area contributed by atoms with Crippen molar-refractivity contribution in [2.24, 2.45) is 5.41 Å². The van der Waals surface area contributed by atoms with E-state index in [1.807, 2.05) is 0 Å². The maximum Gasteiger partial charge on any atom is 0.319 e. The highest BCUT2D eigenvalue weighted by molar-refractivity contribution is 7.23. The minimum Gasteiger partial charge on any atom is -0.463 e. The molecule has 2 bridgehead atoms. The van der Waals surface area contributed by atoms with Crippen LogP contribution in [0.25, 0.3) is 32.2 Å². The van der Waals surface area contributed by atoms with E-state index in [1.165, 1.54) is 0 Å². The number of fused-ring (bicyclic) bond motifs is 6. The van der Waals surface area contributed by atoms with Crippen LogP contribution in [0.2, 0.25) is 0 Å². The molecule has 2 atom stereocenters. The number of nitrogens with zero attached hydrogens (tertiary/aromatic N) is 6. The van der Waals surface area contributed by atoms with Crippen LogP contribution in [-0.2, 0) is 18.0 Å². The van der Waals surface area contributed by atoms with E-state index in [0.717, 1.165) is 68.4 Å². The molecule has 2 unspecified atom stereocenters. The lowest BCUT2D eigenvalue weighted by molar-refractivity contribution is 0.135. The molecule has 7 heterocycles. The number of halogens is 4. The number of anilines is 2. The van der Waals surface area contributed by atoms with Crippen molar-refractivity contribution >= 4 is 43.1 Å². The van der Waals surface area contributed by atoms with Gasteiger partial charge in [-0.15, -0.1) is 11.3 Å². The first kappa shape index (κ1) is 31.9. The van der Waals surface area contributed by atoms with Crippen LogP contribution in [0.4, 0.5) is 28.4 Å². The number of rotatable bonds is 7. The molecule has 1 aromatic carbocycles. The number of aromatic nitrogens is 3. The van der Waals surface area contributed by atoms with Crippen LogP contribution >= 0.6 is 11.3 Å². The maximum atomic E-state index is 17.4. The number of ether oxygens (including phenoxy) is 2. The number of nitrogens with one attached hydrogen (secondary N) is 1. The highest BCUT2D eigenvalue weighted by atomic mass is 32.1. The van der Waals surface area contributed by atoms with Crippen molar-refractivity contribution in [3.63, 3.8) is 0 Å². The molecule has 4 fully saturated rings. The maximum absolute atomic E-state index is 17.4. The van der Waals surface area contributed by atoms with Crippen LogP contribution in [0.5, 0.6) is 6.01 Å². The number of piperidine rings is 1. The van der Waals surface area contributed by atoms with E-state index in [4.69, 9.17) is 25.2 Å². The van der Waals surface area contributed by atoms with E-state index in [0.29, 0.717) is 49.3 Å². The molecule has 3 N–H and O–H groups in total. The smallest absolute Gasteiger partial charge is 0.319 e. The lowest BCUT2D eigenvalue weighted by Crippen LogP contribution is -2.52. The van der Waals surface area contributed by atoms with Gasteiger partial charge < -0.3 is 30.3 Å². The lowest BCUT2D eigenvalue weighted by Gasteiger charge is -2.37. The Hall–Kier alpha value is -4.10. The summed E-state index contributed by atoms with van der Waals surface area (Å²) in [6, 6.07) is 2.43. The van der Waals surface area contributed by atoms with Gasteiger partial charge >= 0.3 is 6.01 Å². The number of nitriles is 1. The van der Waals surface area contributed by atoms with E-state index < -0.39 is 17.7 Å². The first-order valence-corrected chi connectivity index (χ1v) is 17.8. The van der Waals surface area contributed by atoms with Gasteiger partial charge in [0.05, 0.1) is 47.4 Å². The van der Waals surface area contributed by atoms with Crippen molar-refractivity contribution in [3.05, 3.63) is 46.2 Å². The van der Waals surface area contributed by atoms with E-state index in [-0.39, 0.29) is 79.7 Å². The molecular formula is C35H34F4N8O2S. The van der Waals surface area contributed by atoms with Gasteiger partial charge in [0, 0.05) is 61.2 Å². The summed E-state index contributed by atoms with van der Waals surface area (Å²) in [6.45, 7) is 4.02. The molecule has 9 rings (SSSR count). The van der Waals surface area contributed by atoms with E-state index >= 15 is 4.39 Å². The van der Waals surface area contributed by atoms with Crippen molar-refractivity contribution < 1.29 is 27.0 Å². The van der Waals surface area contributed by atoms with Crippen molar-refractivity contribution in [2.45, 2.75) is 63.8 Å². The summed E-state index contributed by atoms with van der Waals surface area (Å²) in [5.74, 6) is -0.711. The fraction of sp³-hybridized carbons (Fsp3) is 0.486. The summed E-state index contributed by atoms with van der Waals surface area (Å²) in [5, 5.41) is 14.3. The molecular weight excluding hydrogens is 672 g/mol. The van der Waals surface area contributed by atoms with Crippen molar-refractivity contribution in [1.82, 2.24) is 25.2 Å². The van der Waals surface area contributed by atoms with E-state index in [9.17, 15) is 18.4 Å². The highest BCUT2D eigenvalue weighted by Crippen LogP contribution is 2.49. The molecule has 10 nitrogen and oxygen atoms in total. The standard InChI is InChI=1S/C35H34F4N8O2S/c36-23-12-43-28(25-20(9-40)32(41)50-30(23)25)24-21-13-48-14-22(21)26-29(27(24)37)44-34(45-33(26)47-18-1-2-19(47)11-42-10-18)49-16-35(5-6-35)15-46-7-3-17(4-8-46)31(38)39/h12,18-19,42H,1-8,10-11,13-16,41H2. The summed E-state index contributed by atoms with van der Waals surface area (Å²) in [7, 11) is 0. The number of hydrogen-bond donors (Lipinski definition) is 2. The van der Waals surface area contributed by atoms with Gasteiger partial charge in [-0.05, 0) is 55.2 Å². The third-order valence-corrected chi connectivity index (χ3v) is 12.2. The van der Waals surface area contributed by atoms with Gasteiger partial charge in [-0.2, -0.15) is 24.0 Å². The number of pyridine rings is 1.